The molecule has 1 heterocycles. The molecule has 4 aromatic rings. The smallest absolute Gasteiger partial charge is 0.308 e. The van der Waals surface area contributed by atoms with Gasteiger partial charge in [-0.25, -0.2) is 0 Å². The van der Waals surface area contributed by atoms with Crippen molar-refractivity contribution in [1.82, 2.24) is 0 Å². The molecule has 1 aromatic heterocycles. The Bertz CT molecular complexity index is 1190. The minimum absolute atomic E-state index is 0.0378. The molecule has 5 heteroatoms. The van der Waals surface area contributed by atoms with E-state index in [4.69, 9.17) is 9.47 Å². The number of carbonyl (C=O) groups is 2. The van der Waals surface area contributed by atoms with Crippen molar-refractivity contribution in [3.63, 3.8) is 0 Å². The molecule has 0 unspecified atom stereocenters. The predicted molar refractivity (Wildman–Crippen MR) is 115 cm³/mol. The highest BCUT2D eigenvalue weighted by Crippen LogP contribution is 2.40. The SMILES string of the molecule is COc1ccc(C(=O)c2c(-c3ccc(OC(C)=O)cc3)sc3ccccc23)cc1. The van der Waals surface area contributed by atoms with Crippen molar-refractivity contribution in [2.24, 2.45) is 0 Å². The van der Waals surface area contributed by atoms with E-state index >= 15 is 0 Å². The molecule has 0 aliphatic rings. The Morgan fingerprint density at radius 3 is 2.14 bits per heavy atom. The Morgan fingerprint density at radius 2 is 1.48 bits per heavy atom. The molecule has 0 N–H and O–H groups in total. The third-order valence-electron chi connectivity index (χ3n) is 4.55. The first-order valence-corrected chi connectivity index (χ1v) is 9.87. The van der Waals surface area contributed by atoms with Crippen molar-refractivity contribution in [2.45, 2.75) is 6.92 Å². The van der Waals surface area contributed by atoms with E-state index in [1.54, 1.807) is 54.8 Å². The maximum atomic E-state index is 13.4. The Balaban J connectivity index is 1.82. The van der Waals surface area contributed by atoms with E-state index in [0.29, 0.717) is 22.6 Å². The molecule has 0 bridgehead atoms. The lowest BCUT2D eigenvalue weighted by Crippen LogP contribution is -2.02. The van der Waals surface area contributed by atoms with Crippen LogP contribution in [0.5, 0.6) is 11.5 Å². The van der Waals surface area contributed by atoms with Gasteiger partial charge >= 0.3 is 5.97 Å². The van der Waals surface area contributed by atoms with Crippen LogP contribution in [0.3, 0.4) is 0 Å². The first kappa shape index (κ1) is 18.9. The number of methoxy groups -OCH3 is 1. The zero-order chi connectivity index (χ0) is 20.4. The standard InChI is InChI=1S/C24H18O4S/c1-15(25)28-19-13-9-17(10-14-19)24-22(20-5-3-4-6-21(20)29-24)23(26)16-7-11-18(27-2)12-8-16/h3-14H,1-2H3. The van der Waals surface area contributed by atoms with Crippen molar-refractivity contribution >= 4 is 33.2 Å². The number of ketones is 1. The van der Waals surface area contributed by atoms with Gasteiger partial charge in [0.25, 0.3) is 0 Å². The van der Waals surface area contributed by atoms with Gasteiger partial charge in [0.15, 0.2) is 5.78 Å². The number of carbonyl (C=O) groups excluding carboxylic acids is 2. The largest absolute Gasteiger partial charge is 0.497 e. The van der Waals surface area contributed by atoms with Crippen LogP contribution in [0.2, 0.25) is 0 Å². The lowest BCUT2D eigenvalue weighted by molar-refractivity contribution is -0.131. The van der Waals surface area contributed by atoms with Gasteiger partial charge in [0.05, 0.1) is 7.11 Å². The second-order valence-electron chi connectivity index (χ2n) is 6.48. The van der Waals surface area contributed by atoms with E-state index in [9.17, 15) is 9.59 Å². The van der Waals surface area contributed by atoms with Gasteiger partial charge in [0, 0.05) is 33.0 Å². The lowest BCUT2D eigenvalue weighted by Gasteiger charge is -2.07. The monoisotopic (exact) mass is 402 g/mol. The summed E-state index contributed by atoms with van der Waals surface area (Å²) < 4.78 is 11.4. The first-order chi connectivity index (χ1) is 14.1. The molecule has 0 amide bonds. The number of esters is 1. The van der Waals surface area contributed by atoms with Crippen LogP contribution in [0.4, 0.5) is 0 Å². The second-order valence-corrected chi connectivity index (χ2v) is 7.53. The molecule has 0 spiro atoms. The Kier molecular flexibility index (Phi) is 5.14. The second kappa shape index (κ2) is 7.89. The Hall–Kier alpha value is -3.44. The van der Waals surface area contributed by atoms with Gasteiger partial charge in [0.2, 0.25) is 0 Å². The zero-order valence-corrected chi connectivity index (χ0v) is 16.8. The first-order valence-electron chi connectivity index (χ1n) is 9.06. The van der Waals surface area contributed by atoms with Crippen LogP contribution in [-0.2, 0) is 4.79 Å². The van der Waals surface area contributed by atoms with Crippen LogP contribution < -0.4 is 9.47 Å². The highest BCUT2D eigenvalue weighted by molar-refractivity contribution is 7.22. The van der Waals surface area contributed by atoms with E-state index in [1.807, 2.05) is 36.4 Å². The van der Waals surface area contributed by atoms with Crippen LogP contribution in [0, 0.1) is 0 Å². The number of hydrogen-bond acceptors (Lipinski definition) is 5. The fraction of sp³-hybridized carbons (Fsp3) is 0.0833. The van der Waals surface area contributed by atoms with Gasteiger partial charge in [-0.3, -0.25) is 9.59 Å². The van der Waals surface area contributed by atoms with E-state index in [-0.39, 0.29) is 11.8 Å². The molecule has 0 saturated heterocycles. The van der Waals surface area contributed by atoms with Gasteiger partial charge in [-0.2, -0.15) is 0 Å². The fourth-order valence-electron chi connectivity index (χ4n) is 3.20. The maximum Gasteiger partial charge on any atom is 0.308 e. The fourth-order valence-corrected chi connectivity index (χ4v) is 4.41. The lowest BCUT2D eigenvalue weighted by atomic mass is 9.97. The van der Waals surface area contributed by atoms with Gasteiger partial charge in [0.1, 0.15) is 11.5 Å². The number of fused-ring (bicyclic) bond motifs is 1. The third kappa shape index (κ3) is 3.77. The van der Waals surface area contributed by atoms with Crippen LogP contribution >= 0.6 is 11.3 Å². The average molecular weight is 402 g/mol. The molecule has 4 rings (SSSR count). The summed E-state index contributed by atoms with van der Waals surface area (Å²) in [5.41, 5.74) is 2.18. The van der Waals surface area contributed by atoms with Crippen molar-refractivity contribution in [1.29, 1.82) is 0 Å². The molecule has 0 saturated carbocycles. The normalized spacial score (nSPS) is 10.7. The number of thiophene rings is 1. The van der Waals surface area contributed by atoms with E-state index in [1.165, 1.54) is 6.92 Å². The van der Waals surface area contributed by atoms with Crippen LogP contribution in [0.15, 0.2) is 72.8 Å². The molecule has 0 aliphatic heterocycles. The summed E-state index contributed by atoms with van der Waals surface area (Å²) >= 11 is 1.57. The number of benzene rings is 3. The summed E-state index contributed by atoms with van der Waals surface area (Å²) in [7, 11) is 1.60. The molecular weight excluding hydrogens is 384 g/mol. The van der Waals surface area contributed by atoms with Gasteiger partial charge in [-0.1, -0.05) is 18.2 Å². The van der Waals surface area contributed by atoms with Gasteiger partial charge < -0.3 is 9.47 Å². The van der Waals surface area contributed by atoms with Gasteiger partial charge in [-0.15, -0.1) is 11.3 Å². The molecule has 3 aromatic carbocycles. The highest BCUT2D eigenvalue weighted by atomic mass is 32.1. The van der Waals surface area contributed by atoms with Gasteiger partial charge in [-0.05, 0) is 60.2 Å². The summed E-state index contributed by atoms with van der Waals surface area (Å²) in [4.78, 5) is 25.5. The van der Waals surface area contributed by atoms with Crippen molar-refractivity contribution in [3.8, 4) is 21.9 Å². The molecule has 4 nitrogen and oxygen atoms in total. The molecule has 0 atom stereocenters. The van der Waals surface area contributed by atoms with Crippen LogP contribution in [-0.4, -0.2) is 18.9 Å². The van der Waals surface area contributed by atoms with Crippen molar-refractivity contribution < 1.29 is 19.1 Å². The molecule has 0 fully saturated rings. The van der Waals surface area contributed by atoms with Crippen molar-refractivity contribution in [2.75, 3.05) is 7.11 Å². The van der Waals surface area contributed by atoms with E-state index < -0.39 is 0 Å². The quantitative estimate of drug-likeness (QED) is 0.243. The van der Waals surface area contributed by atoms with Crippen molar-refractivity contribution in [3.05, 3.63) is 83.9 Å². The minimum atomic E-state index is -0.366. The predicted octanol–water partition coefficient (Wildman–Crippen LogP) is 5.73. The minimum Gasteiger partial charge on any atom is -0.497 e. The summed E-state index contributed by atoms with van der Waals surface area (Å²) in [5.74, 6) is 0.780. The Morgan fingerprint density at radius 1 is 0.828 bits per heavy atom. The van der Waals surface area contributed by atoms with E-state index in [0.717, 1.165) is 20.5 Å². The Labute approximate surface area is 172 Å². The maximum absolute atomic E-state index is 13.4. The zero-order valence-electron chi connectivity index (χ0n) is 16.0. The summed E-state index contributed by atoms with van der Waals surface area (Å²) in [6.07, 6.45) is 0. The highest BCUT2D eigenvalue weighted by Gasteiger charge is 2.21. The number of ether oxygens (including phenoxy) is 2. The van der Waals surface area contributed by atoms with E-state index in [2.05, 4.69) is 0 Å². The number of rotatable bonds is 5. The van der Waals surface area contributed by atoms with Crippen LogP contribution in [0.25, 0.3) is 20.5 Å². The molecule has 0 radical (unpaired) electrons. The summed E-state index contributed by atoms with van der Waals surface area (Å²) in [6, 6.07) is 22.2. The summed E-state index contributed by atoms with van der Waals surface area (Å²) in [6.45, 7) is 1.37. The molecule has 144 valence electrons. The number of hydrogen-bond donors (Lipinski definition) is 0. The summed E-state index contributed by atoms with van der Waals surface area (Å²) in [5, 5.41) is 0.928. The van der Waals surface area contributed by atoms with Crippen LogP contribution in [0.1, 0.15) is 22.8 Å². The molecular formula is C24H18O4S. The average Bonchev–Trinajstić information content (AvgIpc) is 3.13. The molecule has 29 heavy (non-hydrogen) atoms. The topological polar surface area (TPSA) is 52.6 Å². The third-order valence-corrected chi connectivity index (χ3v) is 5.77. The molecule has 0 aliphatic carbocycles.